The van der Waals surface area contributed by atoms with Crippen LogP contribution in [0.15, 0.2) is 39.8 Å². The molecule has 2 unspecified atom stereocenters. The van der Waals surface area contributed by atoms with Gasteiger partial charge in [-0.25, -0.2) is 4.79 Å². The molecule has 3 N–H and O–H groups in total. The standard InChI is InChI=1S/C26H33NO7/c1-24-8-7-18(28)25(2,13-32-4)17(24)11-19(29)26(3)22(24)21(30)20-16(34-26)10-15(33-23(20)31)14-6-5-9-27-12-14/h5-6,9-10,12,17-19,21-22,28-30H,7-8,11,13H2,1-4H3/t17?,18-,19-,21-,22?,24-,25-,26+/m0/s1. The van der Waals surface area contributed by atoms with E-state index in [1.165, 1.54) is 0 Å². The third kappa shape index (κ3) is 3.12. The van der Waals surface area contributed by atoms with Gasteiger partial charge in [-0.3, -0.25) is 4.98 Å². The van der Waals surface area contributed by atoms with Gasteiger partial charge in [-0.1, -0.05) is 13.8 Å². The minimum absolute atomic E-state index is 0.0729. The number of hydrogen-bond donors (Lipinski definition) is 3. The van der Waals surface area contributed by atoms with Crippen molar-refractivity contribution >= 4 is 0 Å². The molecule has 5 rings (SSSR count). The van der Waals surface area contributed by atoms with E-state index in [9.17, 15) is 20.1 Å². The van der Waals surface area contributed by atoms with Crippen molar-refractivity contribution < 1.29 is 29.2 Å². The van der Waals surface area contributed by atoms with Crippen molar-refractivity contribution in [3.05, 3.63) is 46.6 Å². The molecule has 3 aliphatic rings. The first-order chi connectivity index (χ1) is 16.1. The smallest absolute Gasteiger partial charge is 0.345 e. The fourth-order valence-electron chi connectivity index (χ4n) is 7.37. The molecule has 2 fully saturated rings. The number of aliphatic hydroxyl groups excluding tert-OH is 3. The molecular weight excluding hydrogens is 438 g/mol. The Hall–Kier alpha value is -2.26. The summed E-state index contributed by atoms with van der Waals surface area (Å²) in [4.78, 5) is 17.2. The summed E-state index contributed by atoms with van der Waals surface area (Å²) in [6, 6.07) is 5.11. The highest BCUT2D eigenvalue weighted by molar-refractivity contribution is 5.59. The molecule has 2 saturated carbocycles. The van der Waals surface area contributed by atoms with Crippen molar-refractivity contribution in [3.8, 4) is 17.1 Å². The van der Waals surface area contributed by atoms with Crippen molar-refractivity contribution in [2.45, 2.75) is 63.9 Å². The fraction of sp³-hybridized carbons (Fsp3) is 0.615. The van der Waals surface area contributed by atoms with Crippen LogP contribution in [0, 0.1) is 22.7 Å². The molecule has 0 radical (unpaired) electrons. The second-order valence-electron chi connectivity index (χ2n) is 10.9. The van der Waals surface area contributed by atoms with Gasteiger partial charge >= 0.3 is 5.63 Å². The lowest BCUT2D eigenvalue weighted by Gasteiger charge is -2.66. The summed E-state index contributed by atoms with van der Waals surface area (Å²) in [6.45, 7) is 6.20. The van der Waals surface area contributed by atoms with Crippen LogP contribution in [0.1, 0.15) is 51.7 Å². The summed E-state index contributed by atoms with van der Waals surface area (Å²) in [5, 5.41) is 34.1. The minimum Gasteiger partial charge on any atom is -0.484 e. The maximum atomic E-state index is 13.1. The number of aromatic nitrogens is 1. The molecule has 184 valence electrons. The number of hydrogen-bond acceptors (Lipinski definition) is 8. The molecule has 0 saturated heterocycles. The van der Waals surface area contributed by atoms with Crippen LogP contribution in [0.3, 0.4) is 0 Å². The Bertz CT molecular complexity index is 1140. The van der Waals surface area contributed by atoms with Crippen LogP contribution < -0.4 is 10.4 Å². The van der Waals surface area contributed by atoms with E-state index in [0.29, 0.717) is 31.4 Å². The highest BCUT2D eigenvalue weighted by Crippen LogP contribution is 2.66. The van der Waals surface area contributed by atoms with Crippen molar-refractivity contribution in [1.82, 2.24) is 4.98 Å². The molecule has 2 aromatic heterocycles. The van der Waals surface area contributed by atoms with Crippen molar-refractivity contribution in [1.29, 1.82) is 0 Å². The van der Waals surface area contributed by atoms with E-state index >= 15 is 0 Å². The van der Waals surface area contributed by atoms with Crippen LogP contribution in [-0.4, -0.2) is 51.8 Å². The third-order valence-corrected chi connectivity index (χ3v) is 9.05. The van der Waals surface area contributed by atoms with Gasteiger partial charge in [0.15, 0.2) is 0 Å². The van der Waals surface area contributed by atoms with Crippen molar-refractivity contribution in [2.75, 3.05) is 13.7 Å². The topological polar surface area (TPSA) is 122 Å². The molecule has 2 aromatic rings. The van der Waals surface area contributed by atoms with Crippen LogP contribution >= 0.6 is 0 Å². The summed E-state index contributed by atoms with van der Waals surface area (Å²) in [7, 11) is 1.60. The summed E-state index contributed by atoms with van der Waals surface area (Å²) in [5.41, 5.74) is -2.25. The van der Waals surface area contributed by atoms with Crippen LogP contribution in [0.25, 0.3) is 11.3 Å². The summed E-state index contributed by atoms with van der Waals surface area (Å²) < 4.78 is 17.5. The predicted octanol–water partition coefficient (Wildman–Crippen LogP) is 2.70. The lowest BCUT2D eigenvalue weighted by molar-refractivity contribution is -0.265. The van der Waals surface area contributed by atoms with Gasteiger partial charge in [0.1, 0.15) is 22.7 Å². The van der Waals surface area contributed by atoms with Gasteiger partial charge in [0, 0.05) is 42.5 Å². The highest BCUT2D eigenvalue weighted by Gasteiger charge is 2.69. The van der Waals surface area contributed by atoms with E-state index in [4.69, 9.17) is 13.9 Å². The van der Waals surface area contributed by atoms with Gasteiger partial charge in [-0.05, 0) is 49.7 Å². The van der Waals surface area contributed by atoms with Crippen LogP contribution in [0.5, 0.6) is 5.75 Å². The average Bonchev–Trinajstić information content (AvgIpc) is 2.79. The molecule has 0 aromatic carbocycles. The second-order valence-corrected chi connectivity index (χ2v) is 10.9. The Morgan fingerprint density at radius 3 is 2.65 bits per heavy atom. The number of aliphatic hydroxyl groups is 3. The number of fused-ring (bicyclic) bond motifs is 4. The SMILES string of the molecule is COC[C@@]1(C)C2C[C@H](O)[C@@]3(C)Oc4cc(-c5cccnc5)oc(=O)c4[C@H](O)C3[C@@]2(C)CC[C@@H]1O. The van der Waals surface area contributed by atoms with Gasteiger partial charge in [-0.2, -0.15) is 0 Å². The summed E-state index contributed by atoms with van der Waals surface area (Å²) in [5.74, 6) is -0.234. The van der Waals surface area contributed by atoms with E-state index < -0.39 is 46.3 Å². The maximum Gasteiger partial charge on any atom is 0.345 e. The normalized spacial score (nSPS) is 41.1. The first kappa shape index (κ1) is 23.5. The summed E-state index contributed by atoms with van der Waals surface area (Å²) >= 11 is 0. The lowest BCUT2D eigenvalue weighted by atomic mass is 9.42. The molecule has 8 heteroatoms. The van der Waals surface area contributed by atoms with E-state index in [-0.39, 0.29) is 23.0 Å². The summed E-state index contributed by atoms with van der Waals surface area (Å²) in [6.07, 6.45) is 2.04. The van der Waals surface area contributed by atoms with E-state index in [1.54, 1.807) is 37.7 Å². The number of pyridine rings is 1. The Labute approximate surface area is 198 Å². The first-order valence-corrected chi connectivity index (χ1v) is 11.9. The number of rotatable bonds is 3. The minimum atomic E-state index is -1.20. The predicted molar refractivity (Wildman–Crippen MR) is 123 cm³/mol. The number of methoxy groups -OCH3 is 1. The Morgan fingerprint density at radius 1 is 1.21 bits per heavy atom. The Morgan fingerprint density at radius 2 is 1.97 bits per heavy atom. The zero-order valence-corrected chi connectivity index (χ0v) is 20.0. The van der Waals surface area contributed by atoms with E-state index in [1.807, 2.05) is 13.8 Å². The molecular formula is C26H33NO7. The van der Waals surface area contributed by atoms with Gasteiger partial charge in [0.05, 0.1) is 24.9 Å². The van der Waals surface area contributed by atoms with Crippen molar-refractivity contribution in [3.63, 3.8) is 0 Å². The van der Waals surface area contributed by atoms with E-state index in [2.05, 4.69) is 11.9 Å². The zero-order chi connectivity index (χ0) is 24.5. The molecule has 2 aliphatic carbocycles. The van der Waals surface area contributed by atoms with Crippen LogP contribution in [-0.2, 0) is 4.74 Å². The quantitative estimate of drug-likeness (QED) is 0.625. The van der Waals surface area contributed by atoms with Gasteiger partial charge in [0.25, 0.3) is 0 Å². The Kier molecular flexibility index (Phi) is 5.44. The van der Waals surface area contributed by atoms with Crippen molar-refractivity contribution in [2.24, 2.45) is 22.7 Å². The van der Waals surface area contributed by atoms with Crippen LogP contribution in [0.4, 0.5) is 0 Å². The molecule has 0 amide bonds. The molecule has 0 spiro atoms. The number of ether oxygens (including phenoxy) is 2. The largest absolute Gasteiger partial charge is 0.484 e. The number of nitrogens with zero attached hydrogens (tertiary/aromatic N) is 1. The molecule has 34 heavy (non-hydrogen) atoms. The van der Waals surface area contributed by atoms with Gasteiger partial charge in [-0.15, -0.1) is 0 Å². The first-order valence-electron chi connectivity index (χ1n) is 11.9. The molecule has 1 aliphatic heterocycles. The fourth-order valence-corrected chi connectivity index (χ4v) is 7.37. The maximum absolute atomic E-state index is 13.1. The third-order valence-electron chi connectivity index (χ3n) is 9.05. The molecule has 3 heterocycles. The second kappa shape index (κ2) is 7.88. The average molecular weight is 472 g/mol. The Balaban J connectivity index is 1.64. The zero-order valence-electron chi connectivity index (χ0n) is 20.0. The van der Waals surface area contributed by atoms with E-state index in [0.717, 1.165) is 0 Å². The molecule has 8 atom stereocenters. The van der Waals surface area contributed by atoms with Gasteiger partial charge < -0.3 is 29.2 Å². The van der Waals surface area contributed by atoms with Gasteiger partial charge in [0.2, 0.25) is 0 Å². The monoisotopic (exact) mass is 471 g/mol. The lowest BCUT2D eigenvalue weighted by Crippen LogP contribution is -2.70. The molecule has 0 bridgehead atoms. The molecule has 8 nitrogen and oxygen atoms in total. The van der Waals surface area contributed by atoms with Crippen LogP contribution in [0.2, 0.25) is 0 Å². The highest BCUT2D eigenvalue weighted by atomic mass is 16.5.